The van der Waals surface area contributed by atoms with Crippen molar-refractivity contribution in [2.24, 2.45) is 5.73 Å². The van der Waals surface area contributed by atoms with Crippen LogP contribution >= 0.6 is 11.8 Å². The van der Waals surface area contributed by atoms with Gasteiger partial charge in [0.05, 0.1) is 12.9 Å². The van der Waals surface area contributed by atoms with E-state index in [0.717, 1.165) is 11.8 Å². The summed E-state index contributed by atoms with van der Waals surface area (Å²) in [7, 11) is 1.45. The van der Waals surface area contributed by atoms with E-state index >= 15 is 0 Å². The lowest BCUT2D eigenvalue weighted by atomic mass is 10.2. The van der Waals surface area contributed by atoms with Crippen LogP contribution in [0.1, 0.15) is 0 Å². The van der Waals surface area contributed by atoms with E-state index in [4.69, 9.17) is 15.2 Å². The number of benzene rings is 2. The van der Waals surface area contributed by atoms with Crippen molar-refractivity contribution >= 4 is 29.3 Å². The van der Waals surface area contributed by atoms with Crippen molar-refractivity contribution in [3.8, 4) is 11.5 Å². The molecule has 0 fully saturated rings. The predicted molar refractivity (Wildman–Crippen MR) is 93.4 cm³/mol. The topological polar surface area (TPSA) is 90.7 Å². The minimum Gasteiger partial charge on any atom is -0.493 e. The first-order valence-electron chi connectivity index (χ1n) is 7.26. The van der Waals surface area contributed by atoms with E-state index in [1.807, 2.05) is 0 Å². The van der Waals surface area contributed by atoms with Crippen LogP contribution in [-0.4, -0.2) is 31.3 Å². The van der Waals surface area contributed by atoms with Crippen LogP contribution in [0.15, 0.2) is 47.4 Å². The fraction of sp³-hybridized carbons (Fsp3) is 0.176. The van der Waals surface area contributed by atoms with Gasteiger partial charge in [-0.05, 0) is 24.3 Å². The van der Waals surface area contributed by atoms with Crippen LogP contribution in [0, 0.1) is 5.82 Å². The Morgan fingerprint density at radius 3 is 2.64 bits per heavy atom. The molecule has 6 nitrogen and oxygen atoms in total. The predicted octanol–water partition coefficient (Wildman–Crippen LogP) is 2.43. The monoisotopic (exact) mass is 364 g/mol. The lowest BCUT2D eigenvalue weighted by molar-refractivity contribution is -0.120. The smallest absolute Gasteiger partial charge is 0.255 e. The second-order valence-electron chi connectivity index (χ2n) is 4.89. The number of carbonyl (C=O) groups excluding carboxylic acids is 2. The molecule has 0 radical (unpaired) electrons. The summed E-state index contributed by atoms with van der Waals surface area (Å²) in [6.45, 7) is -0.309. The highest BCUT2D eigenvalue weighted by molar-refractivity contribution is 8.00. The van der Waals surface area contributed by atoms with Gasteiger partial charge in [0.25, 0.3) is 5.91 Å². The lowest BCUT2D eigenvalue weighted by Crippen LogP contribution is -2.20. The molecule has 0 aliphatic carbocycles. The fourth-order valence-electron chi connectivity index (χ4n) is 1.92. The molecule has 0 saturated carbocycles. The third-order valence-electron chi connectivity index (χ3n) is 3.01. The summed E-state index contributed by atoms with van der Waals surface area (Å²) in [6, 6.07) is 11.0. The molecule has 2 amide bonds. The number of amides is 2. The van der Waals surface area contributed by atoms with E-state index in [0.29, 0.717) is 16.3 Å². The molecule has 0 spiro atoms. The zero-order valence-corrected chi connectivity index (χ0v) is 14.3. The number of hydrogen-bond donors (Lipinski definition) is 2. The zero-order chi connectivity index (χ0) is 18.2. The highest BCUT2D eigenvalue weighted by Crippen LogP contribution is 2.30. The minimum absolute atomic E-state index is 0.0461. The van der Waals surface area contributed by atoms with Gasteiger partial charge in [0, 0.05) is 16.6 Å². The molecule has 2 aromatic carbocycles. The number of primary amides is 1. The van der Waals surface area contributed by atoms with Crippen LogP contribution in [0.4, 0.5) is 10.1 Å². The minimum atomic E-state index is -0.627. The Morgan fingerprint density at radius 2 is 1.96 bits per heavy atom. The number of carbonyl (C=O) groups is 2. The van der Waals surface area contributed by atoms with Gasteiger partial charge in [-0.25, -0.2) is 4.39 Å². The number of halogens is 1. The summed E-state index contributed by atoms with van der Waals surface area (Å²) < 4.78 is 23.9. The molecule has 132 valence electrons. The number of rotatable bonds is 8. The first-order valence-corrected chi connectivity index (χ1v) is 8.24. The second-order valence-corrected chi connectivity index (χ2v) is 5.91. The molecule has 0 aromatic heterocycles. The fourth-order valence-corrected chi connectivity index (χ4v) is 2.66. The molecule has 0 saturated heterocycles. The molecule has 0 unspecified atom stereocenters. The average Bonchev–Trinajstić information content (AvgIpc) is 2.59. The van der Waals surface area contributed by atoms with Gasteiger partial charge >= 0.3 is 0 Å². The molecule has 2 aromatic rings. The van der Waals surface area contributed by atoms with Gasteiger partial charge in [-0.15, -0.1) is 11.8 Å². The first kappa shape index (κ1) is 18.6. The maximum atomic E-state index is 13.5. The number of anilines is 1. The molecule has 8 heteroatoms. The molecular formula is C17H17FN2O4S. The molecule has 0 aliphatic rings. The summed E-state index contributed by atoms with van der Waals surface area (Å²) in [5.74, 6) is -0.575. The Morgan fingerprint density at radius 1 is 1.20 bits per heavy atom. The van der Waals surface area contributed by atoms with E-state index < -0.39 is 5.91 Å². The zero-order valence-electron chi connectivity index (χ0n) is 13.5. The Bertz CT molecular complexity index is 770. The van der Waals surface area contributed by atoms with E-state index in [-0.39, 0.29) is 29.8 Å². The SMILES string of the molecule is COc1ccc(NC(=O)CSc2ccccc2F)cc1OCC(N)=O. The van der Waals surface area contributed by atoms with Gasteiger partial charge < -0.3 is 20.5 Å². The number of ether oxygens (including phenoxy) is 2. The Kier molecular flexibility index (Phi) is 6.64. The van der Waals surface area contributed by atoms with Crippen molar-refractivity contribution in [1.29, 1.82) is 0 Å². The number of hydrogen-bond acceptors (Lipinski definition) is 5. The normalized spacial score (nSPS) is 10.2. The molecule has 25 heavy (non-hydrogen) atoms. The quantitative estimate of drug-likeness (QED) is 0.702. The molecule has 0 bridgehead atoms. The van der Waals surface area contributed by atoms with Crippen LogP contribution in [-0.2, 0) is 9.59 Å². The lowest BCUT2D eigenvalue weighted by Gasteiger charge is -2.12. The number of methoxy groups -OCH3 is 1. The summed E-state index contributed by atoms with van der Waals surface area (Å²) >= 11 is 1.10. The van der Waals surface area contributed by atoms with Crippen molar-refractivity contribution in [1.82, 2.24) is 0 Å². The van der Waals surface area contributed by atoms with Crippen molar-refractivity contribution in [3.05, 3.63) is 48.3 Å². The highest BCUT2D eigenvalue weighted by Gasteiger charge is 2.10. The van der Waals surface area contributed by atoms with Crippen LogP contribution in [0.2, 0.25) is 0 Å². The van der Waals surface area contributed by atoms with Crippen molar-refractivity contribution in [2.45, 2.75) is 4.90 Å². The van der Waals surface area contributed by atoms with E-state index in [2.05, 4.69) is 5.32 Å². The van der Waals surface area contributed by atoms with Gasteiger partial charge in [-0.3, -0.25) is 9.59 Å². The number of nitrogens with two attached hydrogens (primary N) is 1. The van der Waals surface area contributed by atoms with E-state index in [1.165, 1.54) is 19.2 Å². The standard InChI is InChI=1S/C17H17FN2O4S/c1-23-13-7-6-11(8-14(13)24-9-16(19)21)20-17(22)10-25-15-5-3-2-4-12(15)18/h2-8H,9-10H2,1H3,(H2,19,21)(H,20,22). The molecule has 0 atom stereocenters. The van der Waals surface area contributed by atoms with Crippen LogP contribution in [0.25, 0.3) is 0 Å². The van der Waals surface area contributed by atoms with E-state index in [9.17, 15) is 14.0 Å². The Labute approximate surface area is 148 Å². The highest BCUT2D eigenvalue weighted by atomic mass is 32.2. The van der Waals surface area contributed by atoms with Crippen LogP contribution in [0.3, 0.4) is 0 Å². The van der Waals surface area contributed by atoms with Crippen LogP contribution < -0.4 is 20.5 Å². The van der Waals surface area contributed by atoms with E-state index in [1.54, 1.807) is 30.3 Å². The third kappa shape index (κ3) is 5.68. The average molecular weight is 364 g/mol. The molecular weight excluding hydrogens is 347 g/mol. The molecule has 0 aliphatic heterocycles. The number of nitrogens with one attached hydrogen (secondary N) is 1. The van der Waals surface area contributed by atoms with Crippen LogP contribution in [0.5, 0.6) is 11.5 Å². The Balaban J connectivity index is 1.99. The van der Waals surface area contributed by atoms with Crippen molar-refractivity contribution < 1.29 is 23.5 Å². The van der Waals surface area contributed by atoms with Gasteiger partial charge in [0.15, 0.2) is 18.1 Å². The molecule has 2 rings (SSSR count). The van der Waals surface area contributed by atoms with Gasteiger partial charge in [0.2, 0.25) is 5.91 Å². The molecule has 0 heterocycles. The second kappa shape index (κ2) is 8.93. The largest absolute Gasteiger partial charge is 0.493 e. The van der Waals surface area contributed by atoms with Gasteiger partial charge in [-0.2, -0.15) is 0 Å². The number of thioether (sulfide) groups is 1. The van der Waals surface area contributed by atoms with Crippen molar-refractivity contribution in [3.63, 3.8) is 0 Å². The summed E-state index contributed by atoms with van der Waals surface area (Å²) in [6.07, 6.45) is 0. The molecule has 3 N–H and O–H groups in total. The maximum Gasteiger partial charge on any atom is 0.255 e. The maximum absolute atomic E-state index is 13.5. The summed E-state index contributed by atoms with van der Waals surface area (Å²) in [5, 5.41) is 2.68. The third-order valence-corrected chi connectivity index (χ3v) is 4.06. The van der Waals surface area contributed by atoms with Gasteiger partial charge in [0.1, 0.15) is 5.82 Å². The summed E-state index contributed by atoms with van der Waals surface area (Å²) in [5.41, 5.74) is 5.51. The van der Waals surface area contributed by atoms with Crippen molar-refractivity contribution in [2.75, 3.05) is 24.8 Å². The Hall–Kier alpha value is -2.74. The first-order chi connectivity index (χ1) is 12.0. The van der Waals surface area contributed by atoms with Gasteiger partial charge in [-0.1, -0.05) is 12.1 Å². The summed E-state index contributed by atoms with van der Waals surface area (Å²) in [4.78, 5) is 23.3.